The number of carbonyl (C=O) groups is 1. The lowest BCUT2D eigenvalue weighted by molar-refractivity contribution is 0.0963. The molecular weight excluding hydrogens is 296 g/mol. The van der Waals surface area contributed by atoms with Gasteiger partial charge in [-0.25, -0.2) is 9.97 Å². The van der Waals surface area contributed by atoms with E-state index >= 15 is 0 Å². The van der Waals surface area contributed by atoms with E-state index in [-0.39, 0.29) is 11.3 Å². The maximum absolute atomic E-state index is 11.8. The summed E-state index contributed by atoms with van der Waals surface area (Å²) in [5.74, 6) is 0.465. The number of thiazole rings is 1. The Balaban J connectivity index is 1.97. The van der Waals surface area contributed by atoms with Crippen molar-refractivity contribution in [2.24, 2.45) is 0 Å². The molecule has 0 unspecified atom stereocenters. The van der Waals surface area contributed by atoms with Gasteiger partial charge in [0.05, 0.1) is 16.3 Å². The van der Waals surface area contributed by atoms with Gasteiger partial charge in [-0.3, -0.25) is 4.79 Å². The molecule has 22 heavy (non-hydrogen) atoms. The van der Waals surface area contributed by atoms with Crippen molar-refractivity contribution in [1.29, 1.82) is 0 Å². The monoisotopic (exact) mass is 318 g/mol. The first kappa shape index (κ1) is 16.4. The van der Waals surface area contributed by atoms with Gasteiger partial charge in [-0.05, 0) is 12.1 Å². The number of pyridine rings is 1. The normalized spacial score (nSPS) is 11.3. The van der Waals surface area contributed by atoms with Crippen molar-refractivity contribution in [2.75, 3.05) is 18.9 Å². The number of nitrogens with one attached hydrogen (secondary N) is 2. The average molecular weight is 318 g/mol. The van der Waals surface area contributed by atoms with E-state index < -0.39 is 0 Å². The molecule has 2 N–H and O–H groups in total. The maximum Gasteiger partial charge on any atom is 0.254 e. The maximum atomic E-state index is 11.8. The van der Waals surface area contributed by atoms with Crippen molar-refractivity contribution in [3.63, 3.8) is 0 Å². The minimum atomic E-state index is -0.140. The molecule has 0 fully saturated rings. The molecular formula is C16H22N4OS. The van der Waals surface area contributed by atoms with Crippen LogP contribution in [0.15, 0.2) is 23.7 Å². The van der Waals surface area contributed by atoms with Gasteiger partial charge < -0.3 is 10.6 Å². The summed E-state index contributed by atoms with van der Waals surface area (Å²) in [7, 11) is 1.61. The molecule has 0 saturated carbocycles. The van der Waals surface area contributed by atoms with Crippen LogP contribution in [-0.4, -0.2) is 29.5 Å². The second-order valence-corrected chi connectivity index (χ2v) is 6.91. The summed E-state index contributed by atoms with van der Waals surface area (Å²) in [4.78, 5) is 20.7. The van der Waals surface area contributed by atoms with Crippen LogP contribution in [-0.2, 0) is 11.8 Å². The highest BCUT2D eigenvalue weighted by Crippen LogP contribution is 2.25. The first-order valence-electron chi connectivity index (χ1n) is 7.27. The average Bonchev–Trinajstić information content (AvgIpc) is 2.96. The van der Waals surface area contributed by atoms with E-state index in [0.29, 0.717) is 17.9 Å². The van der Waals surface area contributed by atoms with Gasteiger partial charge in [0.15, 0.2) is 0 Å². The Hall–Kier alpha value is -1.95. The number of hydrogen-bond acceptors (Lipinski definition) is 5. The molecule has 2 aromatic heterocycles. The van der Waals surface area contributed by atoms with Crippen molar-refractivity contribution >= 4 is 23.1 Å². The van der Waals surface area contributed by atoms with Crippen molar-refractivity contribution in [2.45, 2.75) is 32.6 Å². The fourth-order valence-corrected chi connectivity index (χ4v) is 2.88. The van der Waals surface area contributed by atoms with E-state index in [4.69, 9.17) is 0 Å². The molecule has 1 amide bonds. The zero-order valence-electron chi connectivity index (χ0n) is 13.4. The number of nitrogens with zero attached hydrogens (tertiary/aromatic N) is 2. The number of hydrogen-bond donors (Lipinski definition) is 2. The first-order valence-corrected chi connectivity index (χ1v) is 8.15. The van der Waals surface area contributed by atoms with Crippen molar-refractivity contribution in [1.82, 2.24) is 15.3 Å². The zero-order chi connectivity index (χ0) is 16.2. The molecule has 0 spiro atoms. The highest BCUT2D eigenvalue weighted by molar-refractivity contribution is 7.09. The number of rotatable bonds is 5. The summed E-state index contributed by atoms with van der Waals surface area (Å²) in [5.41, 5.74) is 1.71. The second kappa shape index (κ2) is 6.87. The van der Waals surface area contributed by atoms with Crippen LogP contribution in [0.25, 0.3) is 0 Å². The first-order chi connectivity index (χ1) is 10.4. The molecule has 0 aromatic carbocycles. The summed E-state index contributed by atoms with van der Waals surface area (Å²) in [6, 6.07) is 3.51. The lowest BCUT2D eigenvalue weighted by Crippen LogP contribution is -2.20. The topological polar surface area (TPSA) is 66.9 Å². The fraction of sp³-hybridized carbons (Fsp3) is 0.438. The van der Waals surface area contributed by atoms with E-state index in [0.717, 1.165) is 17.1 Å². The molecule has 0 aliphatic heterocycles. The Labute approximate surface area is 135 Å². The number of amides is 1. The van der Waals surface area contributed by atoms with E-state index in [1.165, 1.54) is 0 Å². The molecule has 6 heteroatoms. The van der Waals surface area contributed by atoms with E-state index in [1.54, 1.807) is 36.7 Å². The zero-order valence-corrected chi connectivity index (χ0v) is 14.3. The molecule has 5 nitrogen and oxygen atoms in total. The Kier molecular flexibility index (Phi) is 5.13. The SMILES string of the molecule is CNC(=O)c1cccnc1NCCc1csc(C(C)(C)C)n1. The lowest BCUT2D eigenvalue weighted by atomic mass is 9.98. The molecule has 118 valence electrons. The van der Waals surface area contributed by atoms with Gasteiger partial charge in [0.2, 0.25) is 0 Å². The molecule has 2 aromatic rings. The minimum absolute atomic E-state index is 0.0870. The lowest BCUT2D eigenvalue weighted by Gasteiger charge is -2.13. The van der Waals surface area contributed by atoms with Gasteiger partial charge in [-0.15, -0.1) is 11.3 Å². The highest BCUT2D eigenvalue weighted by Gasteiger charge is 2.17. The Morgan fingerprint density at radius 2 is 2.14 bits per heavy atom. The quantitative estimate of drug-likeness (QED) is 0.889. The van der Waals surface area contributed by atoms with Crippen molar-refractivity contribution in [3.8, 4) is 0 Å². The molecule has 0 bridgehead atoms. The van der Waals surface area contributed by atoms with Crippen LogP contribution in [0.3, 0.4) is 0 Å². The molecule has 2 heterocycles. The molecule has 0 saturated heterocycles. The number of anilines is 1. The molecule has 0 atom stereocenters. The predicted molar refractivity (Wildman–Crippen MR) is 90.6 cm³/mol. The third kappa shape index (κ3) is 4.04. The van der Waals surface area contributed by atoms with E-state index in [9.17, 15) is 4.79 Å². The standard InChI is InChI=1S/C16H22N4OS/c1-16(2,3)15-20-11(10-22-15)7-9-19-13-12(14(21)17-4)6-5-8-18-13/h5-6,8,10H,7,9H2,1-4H3,(H,17,21)(H,18,19). The van der Waals surface area contributed by atoms with Crippen LogP contribution in [0.4, 0.5) is 5.82 Å². The van der Waals surface area contributed by atoms with Crippen molar-refractivity contribution < 1.29 is 4.79 Å². The van der Waals surface area contributed by atoms with Crippen LogP contribution >= 0.6 is 11.3 Å². The molecule has 0 radical (unpaired) electrons. The van der Waals surface area contributed by atoms with E-state index in [1.807, 2.05) is 0 Å². The summed E-state index contributed by atoms with van der Waals surface area (Å²) in [6.07, 6.45) is 2.48. The van der Waals surface area contributed by atoms with Gasteiger partial charge in [0, 0.05) is 37.0 Å². The van der Waals surface area contributed by atoms with Crippen LogP contribution in [0.1, 0.15) is 41.8 Å². The predicted octanol–water partition coefficient (Wildman–Crippen LogP) is 2.85. The van der Waals surface area contributed by atoms with Gasteiger partial charge >= 0.3 is 0 Å². The Morgan fingerprint density at radius 1 is 1.36 bits per heavy atom. The molecule has 0 aliphatic rings. The van der Waals surface area contributed by atoms with Gasteiger partial charge in [0.1, 0.15) is 5.82 Å². The van der Waals surface area contributed by atoms with Crippen LogP contribution in [0.2, 0.25) is 0 Å². The summed E-state index contributed by atoms with van der Waals surface area (Å²) in [5, 5.41) is 9.08. The van der Waals surface area contributed by atoms with Crippen LogP contribution in [0, 0.1) is 0 Å². The number of aromatic nitrogens is 2. The summed E-state index contributed by atoms with van der Waals surface area (Å²) < 4.78 is 0. The highest BCUT2D eigenvalue weighted by atomic mass is 32.1. The Bertz CT molecular complexity index is 646. The second-order valence-electron chi connectivity index (χ2n) is 6.05. The van der Waals surface area contributed by atoms with Crippen molar-refractivity contribution in [3.05, 3.63) is 40.0 Å². The van der Waals surface area contributed by atoms with E-state index in [2.05, 4.69) is 46.8 Å². The van der Waals surface area contributed by atoms with Gasteiger partial charge in [0.25, 0.3) is 5.91 Å². The van der Waals surface area contributed by atoms with Gasteiger partial charge in [-0.1, -0.05) is 20.8 Å². The van der Waals surface area contributed by atoms with Gasteiger partial charge in [-0.2, -0.15) is 0 Å². The largest absolute Gasteiger partial charge is 0.369 e. The molecule has 2 rings (SSSR count). The smallest absolute Gasteiger partial charge is 0.254 e. The summed E-state index contributed by atoms with van der Waals surface area (Å²) >= 11 is 1.70. The van der Waals surface area contributed by atoms with Crippen LogP contribution in [0.5, 0.6) is 0 Å². The third-order valence-electron chi connectivity index (χ3n) is 3.15. The third-order valence-corrected chi connectivity index (χ3v) is 4.46. The minimum Gasteiger partial charge on any atom is -0.369 e. The Morgan fingerprint density at radius 3 is 2.77 bits per heavy atom. The summed E-state index contributed by atoms with van der Waals surface area (Å²) in [6.45, 7) is 7.18. The molecule has 0 aliphatic carbocycles. The number of carbonyl (C=O) groups excluding carboxylic acids is 1. The van der Waals surface area contributed by atoms with Crippen LogP contribution < -0.4 is 10.6 Å². The fourth-order valence-electron chi connectivity index (χ4n) is 1.94.